The first-order valence-corrected chi connectivity index (χ1v) is 6.07. The fraction of sp³-hybridized carbons (Fsp3) is 0.385. The normalized spacial score (nSPS) is 16.5. The van der Waals surface area contributed by atoms with Gasteiger partial charge < -0.3 is 10.3 Å². The number of nitrogens with zero attached hydrogens (tertiary/aromatic N) is 1. The van der Waals surface area contributed by atoms with Crippen LogP contribution in [0.5, 0.6) is 0 Å². The molecule has 88 valence electrons. The summed E-state index contributed by atoms with van der Waals surface area (Å²) in [5.74, 6) is -0.0186. The first kappa shape index (κ1) is 10.3. The van der Waals surface area contributed by atoms with E-state index < -0.39 is 0 Å². The number of aromatic amines is 1. The molecule has 1 aliphatic rings. The van der Waals surface area contributed by atoms with Crippen LogP contribution in [0.1, 0.15) is 36.2 Å². The van der Waals surface area contributed by atoms with E-state index in [4.69, 9.17) is 0 Å². The molecule has 1 fully saturated rings. The number of hydrogen-bond donors (Lipinski definition) is 2. The fourth-order valence-corrected chi connectivity index (χ4v) is 2.41. The SMILES string of the molecule is O=C(NC1CCCC1)c1cc2ncccc2[nH]1. The molecule has 4 heteroatoms. The van der Waals surface area contributed by atoms with Crippen LogP contribution in [0.25, 0.3) is 11.0 Å². The highest BCUT2D eigenvalue weighted by atomic mass is 16.1. The van der Waals surface area contributed by atoms with Crippen molar-refractivity contribution in [3.05, 3.63) is 30.1 Å². The maximum atomic E-state index is 12.0. The number of rotatable bonds is 2. The summed E-state index contributed by atoms with van der Waals surface area (Å²) in [4.78, 5) is 19.3. The lowest BCUT2D eigenvalue weighted by atomic mass is 10.2. The molecule has 0 aliphatic heterocycles. The molecule has 0 radical (unpaired) electrons. The maximum Gasteiger partial charge on any atom is 0.268 e. The Morgan fingerprint density at radius 3 is 3.00 bits per heavy atom. The number of fused-ring (bicyclic) bond motifs is 1. The Hall–Kier alpha value is -1.84. The van der Waals surface area contributed by atoms with Gasteiger partial charge >= 0.3 is 0 Å². The molecule has 0 bridgehead atoms. The van der Waals surface area contributed by atoms with Gasteiger partial charge in [0.2, 0.25) is 0 Å². The van der Waals surface area contributed by atoms with Crippen LogP contribution < -0.4 is 5.32 Å². The second-order valence-corrected chi connectivity index (χ2v) is 4.57. The van der Waals surface area contributed by atoms with Gasteiger partial charge in [-0.2, -0.15) is 0 Å². The molecule has 3 rings (SSSR count). The summed E-state index contributed by atoms with van der Waals surface area (Å²) in [6.07, 6.45) is 6.38. The summed E-state index contributed by atoms with van der Waals surface area (Å²) >= 11 is 0. The molecule has 2 N–H and O–H groups in total. The zero-order valence-electron chi connectivity index (χ0n) is 9.57. The van der Waals surface area contributed by atoms with E-state index in [1.165, 1.54) is 12.8 Å². The maximum absolute atomic E-state index is 12.0. The van der Waals surface area contributed by atoms with Crippen LogP contribution in [0.15, 0.2) is 24.4 Å². The average molecular weight is 229 g/mol. The molecule has 2 aromatic heterocycles. The first-order valence-electron chi connectivity index (χ1n) is 6.07. The summed E-state index contributed by atoms with van der Waals surface area (Å²) < 4.78 is 0. The van der Waals surface area contributed by atoms with Gasteiger partial charge in [-0.15, -0.1) is 0 Å². The van der Waals surface area contributed by atoms with Crippen LogP contribution in [0, 0.1) is 0 Å². The van der Waals surface area contributed by atoms with Crippen LogP contribution in [-0.4, -0.2) is 21.9 Å². The zero-order chi connectivity index (χ0) is 11.7. The molecule has 0 atom stereocenters. The van der Waals surface area contributed by atoms with Crippen molar-refractivity contribution in [3.8, 4) is 0 Å². The Kier molecular flexibility index (Phi) is 2.55. The number of H-pyrrole nitrogens is 1. The molecule has 1 aliphatic carbocycles. The number of hydrogen-bond acceptors (Lipinski definition) is 2. The van der Waals surface area contributed by atoms with Crippen molar-refractivity contribution < 1.29 is 4.79 Å². The number of carbonyl (C=O) groups excluding carboxylic acids is 1. The van der Waals surface area contributed by atoms with Crippen molar-refractivity contribution in [3.63, 3.8) is 0 Å². The molecular weight excluding hydrogens is 214 g/mol. The topological polar surface area (TPSA) is 57.8 Å². The molecule has 0 spiro atoms. The molecule has 2 heterocycles. The van der Waals surface area contributed by atoms with Crippen molar-refractivity contribution in [2.75, 3.05) is 0 Å². The van der Waals surface area contributed by atoms with Crippen molar-refractivity contribution in [2.24, 2.45) is 0 Å². The van der Waals surface area contributed by atoms with Crippen LogP contribution in [0.4, 0.5) is 0 Å². The summed E-state index contributed by atoms with van der Waals surface area (Å²) in [6, 6.07) is 5.94. The second kappa shape index (κ2) is 4.20. The second-order valence-electron chi connectivity index (χ2n) is 4.57. The van der Waals surface area contributed by atoms with Crippen LogP contribution in [0.2, 0.25) is 0 Å². The number of pyridine rings is 1. The Balaban J connectivity index is 1.80. The van der Waals surface area contributed by atoms with Gasteiger partial charge in [-0.05, 0) is 31.0 Å². The molecule has 0 aromatic carbocycles. The molecular formula is C13H15N3O. The lowest BCUT2D eigenvalue weighted by Crippen LogP contribution is -2.32. The monoisotopic (exact) mass is 229 g/mol. The third-order valence-corrected chi connectivity index (χ3v) is 3.32. The number of aromatic nitrogens is 2. The third-order valence-electron chi connectivity index (χ3n) is 3.32. The third kappa shape index (κ3) is 2.02. The lowest BCUT2D eigenvalue weighted by Gasteiger charge is -2.10. The molecule has 17 heavy (non-hydrogen) atoms. The van der Waals surface area contributed by atoms with E-state index in [2.05, 4.69) is 15.3 Å². The molecule has 2 aromatic rings. The molecule has 1 saturated carbocycles. The van der Waals surface area contributed by atoms with Gasteiger partial charge in [0, 0.05) is 12.2 Å². The summed E-state index contributed by atoms with van der Waals surface area (Å²) in [7, 11) is 0. The highest BCUT2D eigenvalue weighted by Gasteiger charge is 2.18. The highest BCUT2D eigenvalue weighted by Crippen LogP contribution is 2.18. The van der Waals surface area contributed by atoms with E-state index in [0.29, 0.717) is 11.7 Å². The Morgan fingerprint density at radius 2 is 2.24 bits per heavy atom. The quantitative estimate of drug-likeness (QED) is 0.829. The van der Waals surface area contributed by atoms with Gasteiger partial charge in [-0.25, -0.2) is 0 Å². The van der Waals surface area contributed by atoms with Crippen molar-refractivity contribution in [1.82, 2.24) is 15.3 Å². The molecule has 4 nitrogen and oxygen atoms in total. The predicted molar refractivity (Wildman–Crippen MR) is 65.8 cm³/mol. The molecule has 0 saturated heterocycles. The van der Waals surface area contributed by atoms with Gasteiger partial charge in [0.25, 0.3) is 5.91 Å². The van der Waals surface area contributed by atoms with Crippen LogP contribution in [0.3, 0.4) is 0 Å². The molecule has 0 unspecified atom stereocenters. The van der Waals surface area contributed by atoms with Crippen molar-refractivity contribution >= 4 is 16.9 Å². The Morgan fingerprint density at radius 1 is 1.41 bits per heavy atom. The lowest BCUT2D eigenvalue weighted by molar-refractivity contribution is 0.0933. The number of amides is 1. The fourth-order valence-electron chi connectivity index (χ4n) is 2.41. The minimum absolute atomic E-state index is 0.0186. The van der Waals surface area contributed by atoms with E-state index in [1.54, 1.807) is 12.3 Å². The smallest absolute Gasteiger partial charge is 0.268 e. The average Bonchev–Trinajstić information content (AvgIpc) is 2.96. The highest BCUT2D eigenvalue weighted by molar-refractivity contribution is 5.97. The van der Waals surface area contributed by atoms with E-state index in [-0.39, 0.29) is 5.91 Å². The van der Waals surface area contributed by atoms with Gasteiger partial charge in [0.1, 0.15) is 5.69 Å². The summed E-state index contributed by atoms with van der Waals surface area (Å²) in [5, 5.41) is 3.06. The van der Waals surface area contributed by atoms with Crippen LogP contribution in [-0.2, 0) is 0 Å². The minimum atomic E-state index is -0.0186. The zero-order valence-corrected chi connectivity index (χ0v) is 9.57. The number of carbonyl (C=O) groups is 1. The minimum Gasteiger partial charge on any atom is -0.349 e. The van der Waals surface area contributed by atoms with E-state index >= 15 is 0 Å². The Labute approximate surface area is 99.4 Å². The van der Waals surface area contributed by atoms with E-state index in [1.807, 2.05) is 12.1 Å². The van der Waals surface area contributed by atoms with Gasteiger partial charge in [-0.1, -0.05) is 12.8 Å². The predicted octanol–water partition coefficient (Wildman–Crippen LogP) is 2.24. The van der Waals surface area contributed by atoms with Gasteiger partial charge in [0.05, 0.1) is 11.0 Å². The standard InChI is InChI=1S/C13H15N3O/c17-13(15-9-4-1-2-5-9)12-8-11-10(16-12)6-3-7-14-11/h3,6-9,16H,1-2,4-5H2,(H,15,17). The van der Waals surface area contributed by atoms with Gasteiger partial charge in [-0.3, -0.25) is 9.78 Å². The van der Waals surface area contributed by atoms with Gasteiger partial charge in [0.15, 0.2) is 0 Å². The Bertz CT molecular complexity index is 507. The van der Waals surface area contributed by atoms with Crippen LogP contribution >= 0.6 is 0 Å². The van der Waals surface area contributed by atoms with E-state index in [0.717, 1.165) is 23.9 Å². The summed E-state index contributed by atoms with van der Waals surface area (Å²) in [6.45, 7) is 0. The number of nitrogens with one attached hydrogen (secondary N) is 2. The van der Waals surface area contributed by atoms with E-state index in [9.17, 15) is 4.79 Å². The largest absolute Gasteiger partial charge is 0.349 e. The molecule has 1 amide bonds. The first-order chi connectivity index (χ1) is 8.33. The summed E-state index contributed by atoms with van der Waals surface area (Å²) in [5.41, 5.74) is 2.35. The van der Waals surface area contributed by atoms with Crippen molar-refractivity contribution in [1.29, 1.82) is 0 Å². The van der Waals surface area contributed by atoms with Crippen molar-refractivity contribution in [2.45, 2.75) is 31.7 Å².